The fourth-order valence-electron chi connectivity index (χ4n) is 4.42. The van der Waals surface area contributed by atoms with E-state index in [1.54, 1.807) is 6.92 Å². The summed E-state index contributed by atoms with van der Waals surface area (Å²) >= 11 is 1.34. The molecular formula is C25H27N5OS. The molecule has 0 aliphatic heterocycles. The first-order valence-corrected chi connectivity index (χ1v) is 12.0. The van der Waals surface area contributed by atoms with E-state index in [4.69, 9.17) is 5.73 Å². The minimum atomic E-state index is -0.272. The summed E-state index contributed by atoms with van der Waals surface area (Å²) in [7, 11) is 0. The number of allylic oxidation sites excluding steroid dienone is 2. The Balaban J connectivity index is 1.64. The Morgan fingerprint density at radius 2 is 1.91 bits per heavy atom. The Kier molecular flexibility index (Phi) is 6.91. The smallest absolute Gasteiger partial charge is 0.191 e. The van der Waals surface area contributed by atoms with Gasteiger partial charge in [0.05, 0.1) is 5.75 Å². The van der Waals surface area contributed by atoms with E-state index in [0.717, 1.165) is 23.8 Å². The highest BCUT2D eigenvalue weighted by molar-refractivity contribution is 7.99. The molecule has 164 valence electrons. The standard InChI is InChI=1S/C25H27N5OS/c1-17(27)22(15-26)23(31)16-32-25-29-28-24(30(25)20-11-3-2-4-12-20)14-19-10-7-9-18-8-5-6-13-21(18)19/h5-10,13,20H,2-4,11-12,14,16,27H2,1H3/b22-17-. The van der Waals surface area contributed by atoms with Crippen molar-refractivity contribution in [3.63, 3.8) is 0 Å². The zero-order valence-electron chi connectivity index (χ0n) is 18.3. The van der Waals surface area contributed by atoms with E-state index in [1.807, 2.05) is 6.07 Å². The Morgan fingerprint density at radius 1 is 1.16 bits per heavy atom. The lowest BCUT2D eigenvalue weighted by atomic mass is 9.95. The van der Waals surface area contributed by atoms with Crippen molar-refractivity contribution in [2.24, 2.45) is 5.73 Å². The molecule has 0 spiro atoms. The highest BCUT2D eigenvalue weighted by atomic mass is 32.2. The van der Waals surface area contributed by atoms with E-state index in [9.17, 15) is 10.1 Å². The average molecular weight is 446 g/mol. The second kappa shape index (κ2) is 10.0. The summed E-state index contributed by atoms with van der Waals surface area (Å²) in [6.07, 6.45) is 6.50. The molecule has 6 nitrogen and oxygen atoms in total. The topological polar surface area (TPSA) is 97.6 Å². The molecule has 7 heteroatoms. The van der Waals surface area contributed by atoms with Crippen LogP contribution < -0.4 is 5.73 Å². The summed E-state index contributed by atoms with van der Waals surface area (Å²) in [5.74, 6) is 0.775. The first-order chi connectivity index (χ1) is 15.6. The average Bonchev–Trinajstić information content (AvgIpc) is 3.21. The van der Waals surface area contributed by atoms with Crippen LogP contribution in [0.25, 0.3) is 10.8 Å². The van der Waals surface area contributed by atoms with E-state index >= 15 is 0 Å². The third-order valence-electron chi connectivity index (χ3n) is 6.02. The summed E-state index contributed by atoms with van der Waals surface area (Å²) in [5, 5.41) is 21.4. The fourth-order valence-corrected chi connectivity index (χ4v) is 5.32. The first-order valence-electron chi connectivity index (χ1n) is 11.0. The number of Topliss-reactive ketones (excluding diaryl/α,β-unsaturated/α-hetero) is 1. The van der Waals surface area contributed by atoms with Crippen LogP contribution in [-0.4, -0.2) is 26.3 Å². The van der Waals surface area contributed by atoms with Crippen molar-refractivity contribution in [1.82, 2.24) is 14.8 Å². The Bertz CT molecular complexity index is 1190. The van der Waals surface area contributed by atoms with Crippen LogP contribution >= 0.6 is 11.8 Å². The molecule has 2 N–H and O–H groups in total. The summed E-state index contributed by atoms with van der Waals surface area (Å²) in [6.45, 7) is 1.58. The molecule has 0 radical (unpaired) electrons. The summed E-state index contributed by atoms with van der Waals surface area (Å²) in [6, 6.07) is 17.0. The van der Waals surface area contributed by atoms with Crippen molar-refractivity contribution < 1.29 is 4.79 Å². The zero-order valence-corrected chi connectivity index (χ0v) is 19.1. The van der Waals surface area contributed by atoms with Gasteiger partial charge in [0, 0.05) is 18.2 Å². The molecule has 1 aliphatic rings. The van der Waals surface area contributed by atoms with Crippen molar-refractivity contribution in [3.05, 3.63) is 65.1 Å². The van der Waals surface area contributed by atoms with Crippen LogP contribution in [-0.2, 0) is 11.2 Å². The van der Waals surface area contributed by atoms with Crippen molar-refractivity contribution in [1.29, 1.82) is 5.26 Å². The molecule has 0 amide bonds. The lowest BCUT2D eigenvalue weighted by Gasteiger charge is -2.25. The van der Waals surface area contributed by atoms with Crippen LogP contribution in [0.4, 0.5) is 0 Å². The van der Waals surface area contributed by atoms with Crippen LogP contribution in [0, 0.1) is 11.3 Å². The quantitative estimate of drug-likeness (QED) is 0.314. The van der Waals surface area contributed by atoms with Gasteiger partial charge in [0.25, 0.3) is 0 Å². The maximum atomic E-state index is 12.5. The normalized spacial score (nSPS) is 15.4. The second-order valence-corrected chi connectivity index (χ2v) is 9.20. The number of ketones is 1. The van der Waals surface area contributed by atoms with Crippen LogP contribution in [0.15, 0.2) is 58.9 Å². The number of thioether (sulfide) groups is 1. The van der Waals surface area contributed by atoms with Gasteiger partial charge in [-0.05, 0) is 36.1 Å². The molecule has 0 unspecified atom stereocenters. The van der Waals surface area contributed by atoms with Gasteiger partial charge in [0.2, 0.25) is 0 Å². The van der Waals surface area contributed by atoms with Crippen LogP contribution in [0.1, 0.15) is 56.5 Å². The van der Waals surface area contributed by atoms with Crippen LogP contribution in [0.2, 0.25) is 0 Å². The molecule has 2 aromatic carbocycles. The predicted octanol–water partition coefficient (Wildman–Crippen LogP) is 4.94. The predicted molar refractivity (Wildman–Crippen MR) is 127 cm³/mol. The van der Waals surface area contributed by atoms with Gasteiger partial charge < -0.3 is 10.3 Å². The molecule has 4 rings (SSSR count). The van der Waals surface area contributed by atoms with Crippen molar-refractivity contribution in [2.75, 3.05) is 5.75 Å². The van der Waals surface area contributed by atoms with Crippen molar-refractivity contribution in [3.8, 4) is 6.07 Å². The van der Waals surface area contributed by atoms with Crippen molar-refractivity contribution >= 4 is 28.3 Å². The molecule has 3 aromatic rings. The maximum Gasteiger partial charge on any atom is 0.191 e. The Hall–Kier alpha value is -3.11. The monoisotopic (exact) mass is 445 g/mol. The molecule has 0 atom stereocenters. The first kappa shape index (κ1) is 22.1. The van der Waals surface area contributed by atoms with Gasteiger partial charge >= 0.3 is 0 Å². The molecule has 1 aliphatic carbocycles. The summed E-state index contributed by atoms with van der Waals surface area (Å²) in [5.41, 5.74) is 7.19. The van der Waals surface area contributed by atoms with Gasteiger partial charge in [-0.25, -0.2) is 0 Å². The number of nitrogens with zero attached hydrogens (tertiary/aromatic N) is 4. The van der Waals surface area contributed by atoms with Gasteiger partial charge in [-0.15, -0.1) is 10.2 Å². The Labute approximate surface area is 192 Å². The third-order valence-corrected chi connectivity index (χ3v) is 6.96. The van der Waals surface area contributed by atoms with Gasteiger partial charge in [-0.1, -0.05) is 73.5 Å². The SMILES string of the molecule is C/C(N)=C(\C#N)C(=O)CSc1nnc(Cc2cccc3ccccc23)n1C1CCCCC1. The maximum absolute atomic E-state index is 12.5. The van der Waals surface area contributed by atoms with E-state index in [1.165, 1.54) is 47.4 Å². The highest BCUT2D eigenvalue weighted by Crippen LogP contribution is 2.34. The summed E-state index contributed by atoms with van der Waals surface area (Å²) in [4.78, 5) is 12.5. The van der Waals surface area contributed by atoms with Crippen LogP contribution in [0.3, 0.4) is 0 Å². The lowest BCUT2D eigenvalue weighted by molar-refractivity contribution is -0.112. The van der Waals surface area contributed by atoms with E-state index < -0.39 is 0 Å². The Morgan fingerprint density at radius 3 is 2.66 bits per heavy atom. The minimum Gasteiger partial charge on any atom is -0.401 e. The number of hydrogen-bond acceptors (Lipinski definition) is 6. The number of rotatable bonds is 7. The number of carbonyl (C=O) groups excluding carboxylic acids is 1. The number of fused-ring (bicyclic) bond motifs is 1. The van der Waals surface area contributed by atoms with E-state index in [2.05, 4.69) is 57.2 Å². The fraction of sp³-hybridized carbons (Fsp3) is 0.360. The molecule has 1 saturated carbocycles. The zero-order chi connectivity index (χ0) is 22.5. The van der Waals surface area contributed by atoms with Gasteiger partial charge in [0.1, 0.15) is 17.5 Å². The molecule has 1 heterocycles. The van der Waals surface area contributed by atoms with E-state index in [0.29, 0.717) is 12.5 Å². The number of hydrogen-bond donors (Lipinski definition) is 1. The highest BCUT2D eigenvalue weighted by Gasteiger charge is 2.24. The number of carbonyl (C=O) groups is 1. The van der Waals surface area contributed by atoms with Gasteiger partial charge in [0.15, 0.2) is 10.9 Å². The molecule has 0 saturated heterocycles. The van der Waals surface area contributed by atoms with Gasteiger partial charge in [-0.2, -0.15) is 5.26 Å². The summed E-state index contributed by atoms with van der Waals surface area (Å²) < 4.78 is 2.24. The number of nitriles is 1. The molecule has 1 aromatic heterocycles. The molecule has 0 bridgehead atoms. The van der Waals surface area contributed by atoms with Crippen molar-refractivity contribution in [2.45, 2.75) is 56.6 Å². The minimum absolute atomic E-state index is 0.0252. The number of benzene rings is 2. The second-order valence-electron chi connectivity index (χ2n) is 8.26. The largest absolute Gasteiger partial charge is 0.401 e. The molecule has 32 heavy (non-hydrogen) atoms. The number of nitrogens with two attached hydrogens (primary N) is 1. The third kappa shape index (κ3) is 4.71. The van der Waals surface area contributed by atoms with Crippen LogP contribution in [0.5, 0.6) is 0 Å². The van der Waals surface area contributed by atoms with Gasteiger partial charge in [-0.3, -0.25) is 4.79 Å². The molecular weight excluding hydrogens is 418 g/mol. The number of aromatic nitrogens is 3. The lowest BCUT2D eigenvalue weighted by Crippen LogP contribution is -2.17. The molecule has 1 fully saturated rings. The van der Waals surface area contributed by atoms with E-state index in [-0.39, 0.29) is 22.8 Å².